The molecule has 0 saturated heterocycles. The van der Waals surface area contributed by atoms with Crippen LogP contribution in [0.5, 0.6) is 17.2 Å². The summed E-state index contributed by atoms with van der Waals surface area (Å²) in [5.74, 6) is 2.73. The number of methoxy groups -OCH3 is 1. The smallest absolute Gasteiger partial charge is 0.288 e. The van der Waals surface area contributed by atoms with Gasteiger partial charge in [0.1, 0.15) is 25.6 Å². The molecule has 0 fully saturated rings. The van der Waals surface area contributed by atoms with Crippen molar-refractivity contribution in [1.82, 2.24) is 4.90 Å². The summed E-state index contributed by atoms with van der Waals surface area (Å²) in [6.45, 7) is 6.82. The van der Waals surface area contributed by atoms with Gasteiger partial charge in [0.15, 0.2) is 11.5 Å². The molecule has 4 aromatic carbocycles. The molecule has 0 amide bonds. The molecule has 0 saturated carbocycles. The van der Waals surface area contributed by atoms with Crippen LogP contribution >= 0.6 is 15.9 Å². The Kier molecular flexibility index (Phi) is 9.41. The first kappa shape index (κ1) is 30.1. The number of halogens is 1. The Hall–Kier alpha value is -3.97. The van der Waals surface area contributed by atoms with Crippen LogP contribution in [0.3, 0.4) is 0 Å². The van der Waals surface area contributed by atoms with E-state index < -0.39 is 0 Å². The molecule has 0 radical (unpaired) electrons. The molecule has 0 unspecified atom stereocenters. The molecule has 2 aliphatic rings. The highest BCUT2D eigenvalue weighted by molar-refractivity contribution is 9.10. The van der Waals surface area contributed by atoms with Gasteiger partial charge >= 0.3 is 0 Å². The first-order valence-corrected chi connectivity index (χ1v) is 16.1. The van der Waals surface area contributed by atoms with Crippen LogP contribution in [-0.2, 0) is 30.8 Å². The summed E-state index contributed by atoms with van der Waals surface area (Å²) < 4.78 is 25.5. The lowest BCUT2D eigenvalue weighted by Gasteiger charge is -2.38. The maximum absolute atomic E-state index is 6.36. The Morgan fingerprint density at radius 2 is 1.52 bits per heavy atom. The van der Waals surface area contributed by atoms with Gasteiger partial charge in [0, 0.05) is 6.54 Å². The summed E-state index contributed by atoms with van der Waals surface area (Å²) in [5.41, 5.74) is 5.90. The second-order valence-corrected chi connectivity index (χ2v) is 12.6. The zero-order valence-corrected chi connectivity index (χ0v) is 27.1. The zero-order chi connectivity index (χ0) is 30.5. The van der Waals surface area contributed by atoms with Crippen LogP contribution in [0.2, 0.25) is 0 Å². The summed E-state index contributed by atoms with van der Waals surface area (Å²) >= 11 is 3.77. The van der Waals surface area contributed by atoms with Crippen molar-refractivity contribution < 1.29 is 18.9 Å². The first-order chi connectivity index (χ1) is 21.5. The zero-order valence-electron chi connectivity index (χ0n) is 25.5. The molecule has 0 bridgehead atoms. The first-order valence-electron chi connectivity index (χ1n) is 15.3. The third-order valence-electron chi connectivity index (χ3n) is 8.36. The molecule has 2 aliphatic heterocycles. The van der Waals surface area contributed by atoms with Gasteiger partial charge in [0.2, 0.25) is 0 Å². The van der Waals surface area contributed by atoms with Crippen molar-refractivity contribution in [2.24, 2.45) is 10.9 Å². The summed E-state index contributed by atoms with van der Waals surface area (Å²) in [5, 5.41) is 0. The van der Waals surface area contributed by atoms with Crippen molar-refractivity contribution in [2.45, 2.75) is 52.0 Å². The molecule has 4 aromatic rings. The Balaban J connectivity index is 1.30. The van der Waals surface area contributed by atoms with Crippen molar-refractivity contribution in [3.63, 3.8) is 0 Å². The number of rotatable bonds is 10. The molecule has 2 heterocycles. The Morgan fingerprint density at radius 3 is 2.14 bits per heavy atom. The maximum atomic E-state index is 6.36. The molecule has 2 atom stereocenters. The van der Waals surface area contributed by atoms with E-state index >= 15 is 0 Å². The summed E-state index contributed by atoms with van der Waals surface area (Å²) in [7, 11) is 1.70. The Bertz CT molecular complexity index is 1590. The minimum Gasteiger partial charge on any atom is -0.493 e. The second kappa shape index (κ2) is 13.8. The van der Waals surface area contributed by atoms with Gasteiger partial charge in [-0.05, 0) is 86.8 Å². The third kappa shape index (κ3) is 6.88. The van der Waals surface area contributed by atoms with Gasteiger partial charge in [0.05, 0.1) is 23.7 Å². The summed E-state index contributed by atoms with van der Waals surface area (Å²) in [6, 6.07) is 32.0. The van der Waals surface area contributed by atoms with Crippen LogP contribution < -0.4 is 14.2 Å². The van der Waals surface area contributed by atoms with Gasteiger partial charge in [-0.1, -0.05) is 80.6 Å². The van der Waals surface area contributed by atoms with Gasteiger partial charge in [-0.3, -0.25) is 0 Å². The van der Waals surface area contributed by atoms with E-state index in [1.54, 1.807) is 7.11 Å². The summed E-state index contributed by atoms with van der Waals surface area (Å²) in [6.07, 6.45) is 1.63. The van der Waals surface area contributed by atoms with E-state index in [2.05, 4.69) is 89.3 Å². The van der Waals surface area contributed by atoms with Crippen LogP contribution in [0.25, 0.3) is 0 Å². The molecule has 228 valence electrons. The number of benzene rings is 4. The van der Waals surface area contributed by atoms with Crippen molar-refractivity contribution in [3.05, 3.63) is 123 Å². The van der Waals surface area contributed by atoms with Gasteiger partial charge < -0.3 is 23.8 Å². The van der Waals surface area contributed by atoms with Gasteiger partial charge in [-0.2, -0.15) is 0 Å². The fourth-order valence-electron chi connectivity index (χ4n) is 5.79. The Labute approximate surface area is 268 Å². The van der Waals surface area contributed by atoms with Crippen molar-refractivity contribution >= 4 is 22.0 Å². The topological polar surface area (TPSA) is 52.5 Å². The average Bonchev–Trinajstić information content (AvgIpc) is 3.55. The molecule has 6 nitrogen and oxygen atoms in total. The lowest BCUT2D eigenvalue weighted by molar-refractivity contribution is 0.200. The van der Waals surface area contributed by atoms with Crippen LogP contribution in [0.15, 0.2) is 100 Å². The minimum absolute atomic E-state index is 0.0105. The van der Waals surface area contributed by atoms with Crippen molar-refractivity contribution in [3.8, 4) is 17.2 Å². The number of nitrogens with zero attached hydrogens (tertiary/aromatic N) is 2. The quantitative estimate of drug-likeness (QED) is 0.173. The number of ether oxygens (including phenoxy) is 4. The van der Waals surface area contributed by atoms with E-state index in [1.807, 2.05) is 36.4 Å². The molecular weight excluding hydrogens is 616 g/mol. The van der Waals surface area contributed by atoms with Crippen molar-refractivity contribution in [1.29, 1.82) is 0 Å². The third-order valence-corrected chi connectivity index (χ3v) is 8.98. The van der Waals surface area contributed by atoms with E-state index in [4.69, 9.17) is 23.9 Å². The SMILES string of the molecule is COc1cc2c(cc1OCc1ccccc1)[C@@H](Cc1ccc(OCc3ccccc3)c(Br)c1)N(C1=N[C@@H](C(C)C)CO1)CC2. The molecule has 7 heteroatoms. The van der Waals surface area contributed by atoms with Crippen LogP contribution in [0, 0.1) is 5.92 Å². The molecule has 0 aliphatic carbocycles. The largest absolute Gasteiger partial charge is 0.493 e. The fraction of sp³-hybridized carbons (Fsp3) is 0.324. The van der Waals surface area contributed by atoms with E-state index in [0.29, 0.717) is 25.7 Å². The molecular formula is C37H39BrN2O4. The maximum Gasteiger partial charge on any atom is 0.288 e. The van der Waals surface area contributed by atoms with Crippen LogP contribution in [-0.4, -0.2) is 37.2 Å². The van der Waals surface area contributed by atoms with E-state index in [-0.39, 0.29) is 12.1 Å². The number of aliphatic imine (C=N–C) groups is 1. The van der Waals surface area contributed by atoms with E-state index in [0.717, 1.165) is 58.3 Å². The van der Waals surface area contributed by atoms with Crippen LogP contribution in [0.1, 0.15) is 47.7 Å². The lowest BCUT2D eigenvalue weighted by Crippen LogP contribution is -2.41. The van der Waals surface area contributed by atoms with Crippen molar-refractivity contribution in [2.75, 3.05) is 20.3 Å². The highest BCUT2D eigenvalue weighted by Crippen LogP contribution is 2.41. The minimum atomic E-state index is 0.0105. The average molecular weight is 656 g/mol. The van der Waals surface area contributed by atoms with Crippen LogP contribution in [0.4, 0.5) is 0 Å². The lowest BCUT2D eigenvalue weighted by atomic mass is 9.88. The molecule has 44 heavy (non-hydrogen) atoms. The highest BCUT2D eigenvalue weighted by Gasteiger charge is 2.35. The molecule has 6 rings (SSSR count). The Morgan fingerprint density at radius 1 is 0.841 bits per heavy atom. The normalized spacial score (nSPS) is 17.6. The molecule has 0 aromatic heterocycles. The van der Waals surface area contributed by atoms with Gasteiger partial charge in [0.25, 0.3) is 6.02 Å². The molecule has 0 spiro atoms. The number of fused-ring (bicyclic) bond motifs is 1. The van der Waals surface area contributed by atoms with E-state index in [1.165, 1.54) is 16.7 Å². The highest BCUT2D eigenvalue weighted by atomic mass is 79.9. The number of hydrogen-bond acceptors (Lipinski definition) is 6. The molecule has 0 N–H and O–H groups in total. The standard InChI is InChI=1S/C37H39BrN2O4/c1-25(2)32-24-44-37(39-32)40-17-16-29-20-35(41-3)36(43-23-27-12-8-5-9-13-27)21-30(29)33(40)19-28-14-15-34(31(38)18-28)42-22-26-10-6-4-7-11-26/h4-15,18,20-21,25,32-33H,16-17,19,22-24H2,1-3H3/t32-,33-/m1/s1. The van der Waals surface area contributed by atoms with Gasteiger partial charge in [-0.25, -0.2) is 4.99 Å². The summed E-state index contributed by atoms with van der Waals surface area (Å²) in [4.78, 5) is 7.37. The number of hydrogen-bond donors (Lipinski definition) is 0. The van der Waals surface area contributed by atoms with Gasteiger partial charge in [-0.15, -0.1) is 0 Å². The van der Waals surface area contributed by atoms with E-state index in [9.17, 15) is 0 Å². The number of amidine groups is 1. The predicted octanol–water partition coefficient (Wildman–Crippen LogP) is 8.17. The fourth-order valence-corrected chi connectivity index (χ4v) is 6.33. The predicted molar refractivity (Wildman–Crippen MR) is 178 cm³/mol. The second-order valence-electron chi connectivity index (χ2n) is 11.7. The monoisotopic (exact) mass is 654 g/mol.